The van der Waals surface area contributed by atoms with Crippen LogP contribution in [0.1, 0.15) is 0 Å². The first kappa shape index (κ1) is 15.0. The van der Waals surface area contributed by atoms with E-state index >= 15 is 0 Å². The number of carboxylic acid groups (broad SMARTS) is 2. The predicted molar refractivity (Wildman–Crippen MR) is 66.6 cm³/mol. The molecule has 0 atom stereocenters. The number of aliphatic carboxylic acids is 2. The van der Waals surface area contributed by atoms with Gasteiger partial charge in [0.25, 0.3) is 5.69 Å². The van der Waals surface area contributed by atoms with Crippen LogP contribution in [0.3, 0.4) is 0 Å². The third-order valence-corrected chi connectivity index (χ3v) is 2.23. The van der Waals surface area contributed by atoms with Crippen molar-refractivity contribution in [2.45, 2.75) is 0 Å². The summed E-state index contributed by atoms with van der Waals surface area (Å²) < 4.78 is 4.88. The van der Waals surface area contributed by atoms with Gasteiger partial charge in [-0.1, -0.05) is 0 Å². The van der Waals surface area contributed by atoms with Gasteiger partial charge < -0.3 is 20.3 Å². The molecule has 1 rings (SSSR count). The van der Waals surface area contributed by atoms with E-state index in [1.807, 2.05) is 0 Å². The lowest BCUT2D eigenvalue weighted by atomic mass is 10.2. The second-order valence-corrected chi connectivity index (χ2v) is 3.45. The molecular weight excluding hydrogens is 272 g/mol. The predicted octanol–water partition coefficient (Wildman–Crippen LogP) is 1.07. The zero-order valence-corrected chi connectivity index (χ0v) is 10.2. The van der Waals surface area contributed by atoms with Crippen molar-refractivity contribution in [2.75, 3.05) is 12.4 Å². The number of carboxylic acids is 2. The lowest BCUT2D eigenvalue weighted by Gasteiger charge is -2.06. The van der Waals surface area contributed by atoms with E-state index in [1.54, 1.807) is 0 Å². The summed E-state index contributed by atoms with van der Waals surface area (Å²) >= 11 is 0. The van der Waals surface area contributed by atoms with Gasteiger partial charge in [-0.25, -0.2) is 9.59 Å². The average molecular weight is 282 g/mol. The zero-order valence-electron chi connectivity index (χ0n) is 10.2. The number of nitro benzene ring substituents is 1. The first-order chi connectivity index (χ1) is 9.36. The fourth-order valence-electron chi connectivity index (χ4n) is 1.28. The van der Waals surface area contributed by atoms with E-state index in [-0.39, 0.29) is 11.4 Å². The summed E-state index contributed by atoms with van der Waals surface area (Å²) in [6.45, 7) is 0. The monoisotopic (exact) mass is 282 g/mol. The highest BCUT2D eigenvalue weighted by molar-refractivity contribution is 6.12. The van der Waals surface area contributed by atoms with Gasteiger partial charge in [0, 0.05) is 18.3 Å². The van der Waals surface area contributed by atoms with E-state index in [0.29, 0.717) is 11.9 Å². The van der Waals surface area contributed by atoms with Crippen LogP contribution in [0.4, 0.5) is 11.4 Å². The molecule has 0 unspecified atom stereocenters. The first-order valence-electron chi connectivity index (χ1n) is 5.12. The second-order valence-electron chi connectivity index (χ2n) is 3.45. The highest BCUT2D eigenvalue weighted by Gasteiger charge is 2.18. The Balaban J connectivity index is 3.18. The number of nitrogens with one attached hydrogen (secondary N) is 1. The summed E-state index contributed by atoms with van der Waals surface area (Å²) in [6.07, 6.45) is 0.659. The van der Waals surface area contributed by atoms with E-state index in [9.17, 15) is 19.7 Å². The van der Waals surface area contributed by atoms with E-state index < -0.39 is 22.4 Å². The van der Waals surface area contributed by atoms with Crippen LogP contribution in [-0.4, -0.2) is 34.2 Å². The van der Waals surface area contributed by atoms with Crippen molar-refractivity contribution in [3.8, 4) is 5.75 Å². The number of anilines is 1. The van der Waals surface area contributed by atoms with Crippen LogP contribution < -0.4 is 10.1 Å². The summed E-state index contributed by atoms with van der Waals surface area (Å²) in [7, 11) is 1.35. The maximum absolute atomic E-state index is 10.8. The van der Waals surface area contributed by atoms with E-state index in [0.717, 1.165) is 6.07 Å². The number of rotatable bonds is 6. The second kappa shape index (κ2) is 6.18. The SMILES string of the molecule is COc1ccc([N+](=O)[O-])c(NC=C(C(=O)O)C(=O)O)c1. The van der Waals surface area contributed by atoms with Crippen molar-refractivity contribution < 1.29 is 29.5 Å². The van der Waals surface area contributed by atoms with Crippen molar-refractivity contribution in [3.63, 3.8) is 0 Å². The number of benzene rings is 1. The van der Waals surface area contributed by atoms with E-state index in [2.05, 4.69) is 5.32 Å². The molecular formula is C11H10N2O7. The van der Waals surface area contributed by atoms with Crippen LogP contribution in [0.2, 0.25) is 0 Å². The largest absolute Gasteiger partial charge is 0.497 e. The maximum Gasteiger partial charge on any atom is 0.344 e. The van der Waals surface area contributed by atoms with Crippen molar-refractivity contribution in [3.05, 3.63) is 40.1 Å². The minimum atomic E-state index is -1.67. The van der Waals surface area contributed by atoms with E-state index in [1.165, 1.54) is 19.2 Å². The van der Waals surface area contributed by atoms with Crippen LogP contribution in [0, 0.1) is 10.1 Å². The molecule has 0 fully saturated rings. The number of methoxy groups -OCH3 is 1. The Labute approximate surface area is 112 Å². The first-order valence-corrected chi connectivity index (χ1v) is 5.12. The molecule has 0 aliphatic carbocycles. The summed E-state index contributed by atoms with van der Waals surface area (Å²) in [4.78, 5) is 31.4. The van der Waals surface area contributed by atoms with E-state index in [4.69, 9.17) is 14.9 Å². The Bertz CT molecular complexity index is 578. The molecule has 3 N–H and O–H groups in total. The number of hydrogen-bond acceptors (Lipinski definition) is 6. The van der Waals surface area contributed by atoms with Crippen molar-refractivity contribution in [1.82, 2.24) is 0 Å². The zero-order chi connectivity index (χ0) is 15.3. The summed E-state index contributed by atoms with van der Waals surface area (Å²) in [5.41, 5.74) is -1.39. The van der Waals surface area contributed by atoms with Gasteiger partial charge in [0.15, 0.2) is 5.57 Å². The normalized spacial score (nSPS) is 9.45. The van der Waals surface area contributed by atoms with Gasteiger partial charge in [-0.05, 0) is 6.07 Å². The van der Waals surface area contributed by atoms with Gasteiger partial charge in [-0.15, -0.1) is 0 Å². The van der Waals surface area contributed by atoms with Crippen LogP contribution in [0.5, 0.6) is 5.75 Å². The summed E-state index contributed by atoms with van der Waals surface area (Å²) in [5, 5.41) is 30.4. The molecule has 0 amide bonds. The van der Waals surface area contributed by atoms with Gasteiger partial charge >= 0.3 is 11.9 Å². The number of ether oxygens (including phenoxy) is 1. The topological polar surface area (TPSA) is 139 Å². The molecule has 1 aromatic rings. The molecule has 0 aliphatic heterocycles. The fourth-order valence-corrected chi connectivity index (χ4v) is 1.28. The molecule has 9 heteroatoms. The Morgan fingerprint density at radius 1 is 1.35 bits per heavy atom. The maximum atomic E-state index is 10.8. The Kier molecular flexibility index (Phi) is 4.62. The number of hydrogen-bond donors (Lipinski definition) is 3. The highest BCUT2D eigenvalue weighted by Crippen LogP contribution is 2.28. The molecule has 0 bridgehead atoms. The minimum absolute atomic E-state index is 0.0886. The third-order valence-electron chi connectivity index (χ3n) is 2.23. The lowest BCUT2D eigenvalue weighted by Crippen LogP contribution is -2.13. The molecule has 0 saturated heterocycles. The van der Waals surface area contributed by atoms with Crippen LogP contribution >= 0.6 is 0 Å². The molecule has 0 aliphatic rings. The smallest absolute Gasteiger partial charge is 0.344 e. The number of nitrogens with zero attached hydrogens (tertiary/aromatic N) is 1. The third kappa shape index (κ3) is 3.45. The summed E-state index contributed by atoms with van der Waals surface area (Å²) in [5.74, 6) is -3.05. The van der Waals surface area contributed by atoms with Crippen LogP contribution in [0.15, 0.2) is 30.0 Å². The molecule has 9 nitrogen and oxygen atoms in total. The van der Waals surface area contributed by atoms with Gasteiger partial charge in [-0.3, -0.25) is 10.1 Å². The lowest BCUT2D eigenvalue weighted by molar-refractivity contribution is -0.383. The van der Waals surface area contributed by atoms with Crippen molar-refractivity contribution in [1.29, 1.82) is 0 Å². The molecule has 0 spiro atoms. The van der Waals surface area contributed by atoms with Gasteiger partial charge in [0.1, 0.15) is 11.4 Å². The molecule has 0 heterocycles. The van der Waals surface area contributed by atoms with Gasteiger partial charge in [-0.2, -0.15) is 0 Å². The Morgan fingerprint density at radius 3 is 2.40 bits per heavy atom. The van der Waals surface area contributed by atoms with Gasteiger partial charge in [0.2, 0.25) is 0 Å². The van der Waals surface area contributed by atoms with Crippen molar-refractivity contribution in [2.24, 2.45) is 0 Å². The molecule has 20 heavy (non-hydrogen) atoms. The standard InChI is InChI=1S/C11H10N2O7/c1-20-6-2-3-9(13(18)19)8(4-6)12-5-7(10(14)15)11(16)17/h2-5,12H,1H3,(H,14,15)(H,16,17). The molecule has 0 radical (unpaired) electrons. The Hall–Kier alpha value is -3.10. The number of carbonyl (C=O) groups is 2. The summed E-state index contributed by atoms with van der Waals surface area (Å²) in [6, 6.07) is 3.74. The number of nitro groups is 1. The van der Waals surface area contributed by atoms with Crippen LogP contribution in [0.25, 0.3) is 0 Å². The van der Waals surface area contributed by atoms with Crippen LogP contribution in [-0.2, 0) is 9.59 Å². The minimum Gasteiger partial charge on any atom is -0.497 e. The molecule has 0 saturated carbocycles. The molecule has 1 aromatic carbocycles. The average Bonchev–Trinajstić information content (AvgIpc) is 2.37. The van der Waals surface area contributed by atoms with Crippen molar-refractivity contribution >= 4 is 23.3 Å². The molecule has 106 valence electrons. The van der Waals surface area contributed by atoms with Gasteiger partial charge in [0.05, 0.1) is 12.0 Å². The fraction of sp³-hybridized carbons (Fsp3) is 0.0909. The molecule has 0 aromatic heterocycles. The highest BCUT2D eigenvalue weighted by atomic mass is 16.6. The Morgan fingerprint density at radius 2 is 1.95 bits per heavy atom. The quantitative estimate of drug-likeness (QED) is 0.231.